The molecular formula is C11H12BrN3. The largest absolute Gasteiger partial charge is 0.398 e. The Bertz CT molecular complexity index is 476. The molecule has 0 bridgehead atoms. The van der Waals surface area contributed by atoms with E-state index in [1.165, 1.54) is 0 Å². The van der Waals surface area contributed by atoms with E-state index >= 15 is 0 Å². The van der Waals surface area contributed by atoms with Gasteiger partial charge in [-0.3, -0.25) is 4.68 Å². The van der Waals surface area contributed by atoms with Crippen LogP contribution in [0.25, 0.3) is 0 Å². The van der Waals surface area contributed by atoms with E-state index in [0.29, 0.717) is 0 Å². The molecule has 0 atom stereocenters. The van der Waals surface area contributed by atoms with Crippen LogP contribution in [0.2, 0.25) is 0 Å². The Balaban J connectivity index is 2.33. The van der Waals surface area contributed by atoms with Crippen molar-refractivity contribution in [1.29, 1.82) is 0 Å². The number of nitrogens with two attached hydrogens (primary N) is 1. The highest BCUT2D eigenvalue weighted by Gasteiger charge is 2.05. The maximum Gasteiger partial charge on any atom is 0.0674 e. The monoisotopic (exact) mass is 265 g/mol. The molecule has 2 N–H and O–H groups in total. The van der Waals surface area contributed by atoms with Crippen LogP contribution < -0.4 is 5.73 Å². The van der Waals surface area contributed by atoms with Crippen molar-refractivity contribution in [1.82, 2.24) is 9.78 Å². The molecule has 0 saturated heterocycles. The highest BCUT2D eigenvalue weighted by molar-refractivity contribution is 9.10. The molecule has 4 heteroatoms. The summed E-state index contributed by atoms with van der Waals surface area (Å²) in [6, 6.07) is 7.86. The van der Waals surface area contributed by atoms with Gasteiger partial charge in [0.15, 0.2) is 0 Å². The molecule has 0 amide bonds. The van der Waals surface area contributed by atoms with E-state index in [9.17, 15) is 0 Å². The Hall–Kier alpha value is -1.29. The first-order valence-corrected chi connectivity index (χ1v) is 5.49. The fraction of sp³-hybridized carbons (Fsp3) is 0.182. The number of rotatable bonds is 2. The van der Waals surface area contributed by atoms with Gasteiger partial charge >= 0.3 is 0 Å². The first-order valence-electron chi connectivity index (χ1n) is 4.70. The highest BCUT2D eigenvalue weighted by atomic mass is 79.9. The van der Waals surface area contributed by atoms with Crippen molar-refractivity contribution in [2.45, 2.75) is 13.5 Å². The Morgan fingerprint density at radius 3 is 2.87 bits per heavy atom. The van der Waals surface area contributed by atoms with Gasteiger partial charge in [0.25, 0.3) is 0 Å². The minimum absolute atomic E-state index is 0.741. The van der Waals surface area contributed by atoms with Gasteiger partial charge in [-0.1, -0.05) is 12.1 Å². The fourth-order valence-corrected chi connectivity index (χ4v) is 1.84. The zero-order chi connectivity index (χ0) is 10.8. The Morgan fingerprint density at radius 1 is 1.40 bits per heavy atom. The summed E-state index contributed by atoms with van der Waals surface area (Å²) in [4.78, 5) is 0. The van der Waals surface area contributed by atoms with Gasteiger partial charge in [0.1, 0.15) is 0 Å². The molecule has 15 heavy (non-hydrogen) atoms. The summed E-state index contributed by atoms with van der Waals surface area (Å²) in [6.07, 6.45) is 1.80. The summed E-state index contributed by atoms with van der Waals surface area (Å²) < 4.78 is 2.90. The van der Waals surface area contributed by atoms with Crippen molar-refractivity contribution in [3.8, 4) is 0 Å². The fourth-order valence-electron chi connectivity index (χ4n) is 1.45. The van der Waals surface area contributed by atoms with E-state index in [1.807, 2.05) is 35.9 Å². The quantitative estimate of drug-likeness (QED) is 0.849. The normalized spacial score (nSPS) is 10.5. The Labute approximate surface area is 97.0 Å². The summed E-state index contributed by atoms with van der Waals surface area (Å²) in [6.45, 7) is 2.78. The number of hydrogen-bond donors (Lipinski definition) is 1. The predicted molar refractivity (Wildman–Crippen MR) is 64.6 cm³/mol. The molecule has 0 radical (unpaired) electrons. The van der Waals surface area contributed by atoms with Crippen LogP contribution >= 0.6 is 15.9 Å². The molecule has 1 heterocycles. The summed E-state index contributed by atoms with van der Waals surface area (Å²) >= 11 is 3.48. The van der Waals surface area contributed by atoms with E-state index in [-0.39, 0.29) is 0 Å². The number of benzene rings is 1. The number of halogens is 1. The molecule has 0 aliphatic carbocycles. The van der Waals surface area contributed by atoms with Gasteiger partial charge in [-0.15, -0.1) is 0 Å². The van der Waals surface area contributed by atoms with Crippen LogP contribution in [0.15, 0.2) is 34.9 Å². The van der Waals surface area contributed by atoms with E-state index in [0.717, 1.165) is 28.0 Å². The highest BCUT2D eigenvalue weighted by Crippen LogP contribution is 2.24. The molecule has 0 spiro atoms. The number of aryl methyl sites for hydroxylation is 1. The van der Waals surface area contributed by atoms with Crippen LogP contribution in [0.5, 0.6) is 0 Å². The third-order valence-electron chi connectivity index (χ3n) is 2.36. The van der Waals surface area contributed by atoms with Crippen LogP contribution in [0.4, 0.5) is 5.69 Å². The van der Waals surface area contributed by atoms with E-state index < -0.39 is 0 Å². The van der Waals surface area contributed by atoms with Gasteiger partial charge in [0.2, 0.25) is 0 Å². The van der Waals surface area contributed by atoms with Crippen molar-refractivity contribution in [2.24, 2.45) is 0 Å². The lowest BCUT2D eigenvalue weighted by atomic mass is 10.2. The zero-order valence-electron chi connectivity index (χ0n) is 8.44. The van der Waals surface area contributed by atoms with E-state index in [1.54, 1.807) is 6.20 Å². The number of nitrogen functional groups attached to an aromatic ring is 1. The van der Waals surface area contributed by atoms with E-state index in [2.05, 4.69) is 21.0 Å². The Kier molecular flexibility index (Phi) is 2.77. The van der Waals surface area contributed by atoms with Crippen LogP contribution in [-0.4, -0.2) is 9.78 Å². The van der Waals surface area contributed by atoms with Gasteiger partial charge in [-0.25, -0.2) is 0 Å². The molecular weight excluding hydrogens is 254 g/mol. The van der Waals surface area contributed by atoms with Gasteiger partial charge in [-0.05, 0) is 40.5 Å². The maximum absolute atomic E-state index is 5.81. The van der Waals surface area contributed by atoms with Crippen LogP contribution in [0.1, 0.15) is 11.3 Å². The summed E-state index contributed by atoms with van der Waals surface area (Å²) in [5.74, 6) is 0. The van der Waals surface area contributed by atoms with Crippen molar-refractivity contribution >= 4 is 21.6 Å². The average molecular weight is 266 g/mol. The third kappa shape index (κ3) is 2.04. The van der Waals surface area contributed by atoms with Crippen LogP contribution in [-0.2, 0) is 6.54 Å². The second kappa shape index (κ2) is 4.06. The second-order valence-electron chi connectivity index (χ2n) is 3.45. The molecule has 0 fully saturated rings. The molecule has 2 aromatic rings. The van der Waals surface area contributed by atoms with Crippen molar-refractivity contribution in [3.63, 3.8) is 0 Å². The molecule has 3 nitrogen and oxygen atoms in total. The lowest BCUT2D eigenvalue weighted by Crippen LogP contribution is -2.04. The Morgan fingerprint density at radius 2 is 2.20 bits per heavy atom. The summed E-state index contributed by atoms with van der Waals surface area (Å²) in [7, 11) is 0. The van der Waals surface area contributed by atoms with Crippen LogP contribution in [0, 0.1) is 6.92 Å². The molecule has 78 valence electrons. The molecule has 0 aliphatic heterocycles. The lowest BCUT2D eigenvalue weighted by molar-refractivity contribution is 0.663. The average Bonchev–Trinajstić information content (AvgIpc) is 2.60. The topological polar surface area (TPSA) is 43.8 Å². The smallest absolute Gasteiger partial charge is 0.0674 e. The van der Waals surface area contributed by atoms with Gasteiger partial charge in [0.05, 0.1) is 6.54 Å². The number of nitrogens with zero attached hydrogens (tertiary/aromatic N) is 2. The molecule has 0 aliphatic rings. The number of anilines is 1. The van der Waals surface area contributed by atoms with Crippen molar-refractivity contribution in [3.05, 3.63) is 46.2 Å². The van der Waals surface area contributed by atoms with Gasteiger partial charge in [-0.2, -0.15) is 5.10 Å². The third-order valence-corrected chi connectivity index (χ3v) is 3.32. The molecule has 1 aromatic carbocycles. The molecule has 0 unspecified atom stereocenters. The first-order chi connectivity index (χ1) is 7.18. The minimum atomic E-state index is 0.741. The predicted octanol–water partition coefficient (Wildman–Crippen LogP) is 2.58. The van der Waals surface area contributed by atoms with Crippen LogP contribution in [0.3, 0.4) is 0 Å². The summed E-state index contributed by atoms with van der Waals surface area (Å²) in [5, 5.41) is 4.24. The molecule has 1 aromatic heterocycles. The first kappa shape index (κ1) is 10.2. The lowest BCUT2D eigenvalue weighted by Gasteiger charge is -2.08. The standard InChI is InChI=1S/C11H12BrN3/c1-8-5-6-14-15(8)7-9-3-2-4-10(13)11(9)12/h2-6H,7,13H2,1H3. The van der Waals surface area contributed by atoms with Crippen molar-refractivity contribution in [2.75, 3.05) is 5.73 Å². The van der Waals surface area contributed by atoms with Crippen molar-refractivity contribution < 1.29 is 0 Å². The molecule has 2 rings (SSSR count). The number of aromatic nitrogens is 2. The maximum atomic E-state index is 5.81. The van der Waals surface area contributed by atoms with Gasteiger partial charge < -0.3 is 5.73 Å². The van der Waals surface area contributed by atoms with Gasteiger partial charge in [0, 0.05) is 22.1 Å². The SMILES string of the molecule is Cc1ccnn1Cc1cccc(N)c1Br. The minimum Gasteiger partial charge on any atom is -0.398 e. The zero-order valence-corrected chi connectivity index (χ0v) is 10.0. The van der Waals surface area contributed by atoms with E-state index in [4.69, 9.17) is 5.73 Å². The number of hydrogen-bond acceptors (Lipinski definition) is 2. The molecule has 0 saturated carbocycles. The second-order valence-corrected chi connectivity index (χ2v) is 4.24. The summed E-state index contributed by atoms with van der Waals surface area (Å²) in [5.41, 5.74) is 8.86.